The van der Waals surface area contributed by atoms with Gasteiger partial charge in [0.25, 0.3) is 0 Å². The van der Waals surface area contributed by atoms with Crippen LogP contribution in [0.5, 0.6) is 5.75 Å². The van der Waals surface area contributed by atoms with Crippen molar-refractivity contribution < 1.29 is 18.7 Å². The molecule has 6 nitrogen and oxygen atoms in total. The number of nitrogens with zero attached hydrogens (tertiary/aromatic N) is 3. The zero-order chi connectivity index (χ0) is 23.4. The normalized spacial score (nSPS) is 23.9. The Bertz CT molecular complexity index is 979. The Kier molecular flexibility index (Phi) is 7.02. The third kappa shape index (κ3) is 5.36. The molecule has 1 spiro atoms. The van der Waals surface area contributed by atoms with E-state index in [0.29, 0.717) is 12.2 Å². The first-order valence-electron chi connectivity index (χ1n) is 12.5. The van der Waals surface area contributed by atoms with E-state index in [1.54, 1.807) is 17.0 Å². The summed E-state index contributed by atoms with van der Waals surface area (Å²) in [5.74, 6) is 0.659. The monoisotopic (exact) mass is 467 g/mol. The summed E-state index contributed by atoms with van der Waals surface area (Å²) < 4.78 is 25.4. The highest BCUT2D eigenvalue weighted by molar-refractivity contribution is 5.90. The number of hydrogen-bond acceptors (Lipinski definition) is 5. The minimum absolute atomic E-state index is 0.309. The standard InChI is InChI=1S/C27H34FN3O3/c28-23-8-10-24(11-9-23)31-21-27(34-26(31)32)12-5-16-30(17-13-27)20-22-6-1-2-7-25(22)33-19-18-29-14-3-4-15-29/h1-2,6-11H,3-5,12-21H2/t27-/m0/s1. The molecule has 3 heterocycles. The number of anilines is 1. The Morgan fingerprint density at radius 3 is 2.50 bits per heavy atom. The van der Waals surface area contributed by atoms with Crippen molar-refractivity contribution >= 4 is 11.8 Å². The van der Waals surface area contributed by atoms with Gasteiger partial charge in [-0.25, -0.2) is 9.18 Å². The fourth-order valence-corrected chi connectivity index (χ4v) is 5.39. The van der Waals surface area contributed by atoms with Crippen LogP contribution in [0.1, 0.15) is 37.7 Å². The number of rotatable bonds is 7. The van der Waals surface area contributed by atoms with Gasteiger partial charge in [-0.05, 0) is 75.6 Å². The zero-order valence-electron chi connectivity index (χ0n) is 19.8. The summed E-state index contributed by atoms with van der Waals surface area (Å²) in [6.45, 7) is 7.22. The molecule has 3 saturated heterocycles. The highest BCUT2D eigenvalue weighted by Crippen LogP contribution is 2.36. The molecule has 0 aromatic heterocycles. The largest absolute Gasteiger partial charge is 0.492 e. The molecule has 0 bridgehead atoms. The molecule has 2 aromatic rings. The Morgan fingerprint density at radius 2 is 1.68 bits per heavy atom. The lowest BCUT2D eigenvalue weighted by atomic mass is 9.95. The van der Waals surface area contributed by atoms with Crippen molar-refractivity contribution in [2.24, 2.45) is 0 Å². The molecule has 3 aliphatic heterocycles. The van der Waals surface area contributed by atoms with Crippen molar-refractivity contribution in [3.63, 3.8) is 0 Å². The maximum absolute atomic E-state index is 13.3. The number of amides is 1. The van der Waals surface area contributed by atoms with Crippen LogP contribution in [0.25, 0.3) is 0 Å². The molecule has 1 atom stereocenters. The van der Waals surface area contributed by atoms with Gasteiger partial charge in [-0.3, -0.25) is 14.7 Å². The van der Waals surface area contributed by atoms with E-state index in [2.05, 4.69) is 28.0 Å². The number of ether oxygens (including phenoxy) is 2. The van der Waals surface area contributed by atoms with Gasteiger partial charge in [0.1, 0.15) is 23.8 Å². The number of hydrogen-bond donors (Lipinski definition) is 0. The third-order valence-corrected chi connectivity index (χ3v) is 7.33. The average molecular weight is 468 g/mol. The van der Waals surface area contributed by atoms with E-state index in [1.807, 2.05) is 6.07 Å². The fourth-order valence-electron chi connectivity index (χ4n) is 5.39. The van der Waals surface area contributed by atoms with E-state index in [0.717, 1.165) is 57.8 Å². The predicted octanol–water partition coefficient (Wildman–Crippen LogP) is 4.68. The van der Waals surface area contributed by atoms with E-state index in [-0.39, 0.29) is 11.9 Å². The predicted molar refractivity (Wildman–Crippen MR) is 130 cm³/mol. The Morgan fingerprint density at radius 1 is 0.912 bits per heavy atom. The highest BCUT2D eigenvalue weighted by Gasteiger charge is 2.46. The van der Waals surface area contributed by atoms with Crippen LogP contribution in [-0.2, 0) is 11.3 Å². The minimum atomic E-state index is -0.480. The number of carbonyl (C=O) groups excluding carboxylic acids is 1. The van der Waals surface area contributed by atoms with Crippen LogP contribution in [0.3, 0.4) is 0 Å². The summed E-state index contributed by atoms with van der Waals surface area (Å²) in [6.07, 6.45) is 4.84. The van der Waals surface area contributed by atoms with E-state index in [9.17, 15) is 9.18 Å². The second kappa shape index (κ2) is 10.3. The third-order valence-electron chi connectivity index (χ3n) is 7.33. The van der Waals surface area contributed by atoms with Crippen molar-refractivity contribution in [2.75, 3.05) is 50.8 Å². The van der Waals surface area contributed by atoms with Crippen LogP contribution in [0, 0.1) is 5.82 Å². The summed E-state index contributed by atoms with van der Waals surface area (Å²) in [5, 5.41) is 0. The van der Waals surface area contributed by atoms with Crippen molar-refractivity contribution in [2.45, 2.75) is 44.2 Å². The van der Waals surface area contributed by atoms with Gasteiger partial charge in [0.05, 0.1) is 6.54 Å². The smallest absolute Gasteiger partial charge is 0.415 e. The molecule has 1 amide bonds. The average Bonchev–Trinajstić information content (AvgIpc) is 3.42. The lowest BCUT2D eigenvalue weighted by Gasteiger charge is -2.26. The molecule has 0 N–H and O–H groups in total. The summed E-state index contributed by atoms with van der Waals surface area (Å²) in [4.78, 5) is 19.2. The molecular formula is C27H34FN3O3. The van der Waals surface area contributed by atoms with Gasteiger partial charge in [0.15, 0.2) is 0 Å². The van der Waals surface area contributed by atoms with Gasteiger partial charge in [0.2, 0.25) is 0 Å². The molecule has 2 aromatic carbocycles. The lowest BCUT2D eigenvalue weighted by Crippen LogP contribution is -2.36. The van der Waals surface area contributed by atoms with Gasteiger partial charge in [-0.15, -0.1) is 0 Å². The first-order valence-corrected chi connectivity index (χ1v) is 12.5. The van der Waals surface area contributed by atoms with Crippen molar-refractivity contribution in [1.29, 1.82) is 0 Å². The van der Waals surface area contributed by atoms with Crippen LogP contribution < -0.4 is 9.64 Å². The molecule has 7 heteroatoms. The van der Waals surface area contributed by atoms with E-state index in [1.165, 1.54) is 43.6 Å². The van der Waals surface area contributed by atoms with Gasteiger partial charge in [-0.2, -0.15) is 0 Å². The Hall–Kier alpha value is -2.64. The van der Waals surface area contributed by atoms with E-state index < -0.39 is 5.60 Å². The number of carbonyl (C=O) groups is 1. The molecule has 0 radical (unpaired) electrons. The van der Waals surface area contributed by atoms with Crippen LogP contribution >= 0.6 is 0 Å². The molecule has 5 rings (SSSR count). The van der Waals surface area contributed by atoms with Crippen molar-refractivity contribution in [1.82, 2.24) is 9.80 Å². The maximum atomic E-state index is 13.3. The molecule has 182 valence electrons. The molecule has 3 aliphatic rings. The first kappa shape index (κ1) is 23.1. The molecule has 0 aliphatic carbocycles. The second-order valence-electron chi connectivity index (χ2n) is 9.75. The Balaban J connectivity index is 1.18. The quantitative estimate of drug-likeness (QED) is 0.592. The molecule has 0 unspecified atom stereocenters. The summed E-state index contributed by atoms with van der Waals surface area (Å²) in [7, 11) is 0. The van der Waals surface area contributed by atoms with Crippen molar-refractivity contribution in [3.05, 3.63) is 59.9 Å². The van der Waals surface area contributed by atoms with Gasteiger partial charge >= 0.3 is 6.09 Å². The maximum Gasteiger partial charge on any atom is 0.415 e. The van der Waals surface area contributed by atoms with E-state index in [4.69, 9.17) is 9.47 Å². The Labute approximate surface area is 201 Å². The zero-order valence-corrected chi connectivity index (χ0v) is 19.8. The van der Waals surface area contributed by atoms with Crippen LogP contribution in [0.15, 0.2) is 48.5 Å². The van der Waals surface area contributed by atoms with Crippen LogP contribution in [-0.4, -0.2) is 67.4 Å². The number of para-hydroxylation sites is 1. The summed E-state index contributed by atoms with van der Waals surface area (Å²) in [6, 6.07) is 14.4. The summed E-state index contributed by atoms with van der Waals surface area (Å²) in [5.41, 5.74) is 1.41. The van der Waals surface area contributed by atoms with Gasteiger partial charge < -0.3 is 9.47 Å². The fraction of sp³-hybridized carbons (Fsp3) is 0.519. The molecular weight excluding hydrogens is 433 g/mol. The SMILES string of the molecule is O=C1O[C@]2(CCCN(Cc3ccccc3OCCN3CCCC3)CC2)CN1c1ccc(F)cc1. The number of halogens is 1. The topological polar surface area (TPSA) is 45.2 Å². The number of benzene rings is 2. The molecule has 0 saturated carbocycles. The lowest BCUT2D eigenvalue weighted by molar-refractivity contribution is 0.0443. The minimum Gasteiger partial charge on any atom is -0.492 e. The van der Waals surface area contributed by atoms with Crippen molar-refractivity contribution in [3.8, 4) is 5.75 Å². The van der Waals surface area contributed by atoms with E-state index >= 15 is 0 Å². The van der Waals surface area contributed by atoms with Crippen LogP contribution in [0.4, 0.5) is 14.9 Å². The molecule has 34 heavy (non-hydrogen) atoms. The first-order chi connectivity index (χ1) is 16.6. The van der Waals surface area contributed by atoms with Crippen LogP contribution in [0.2, 0.25) is 0 Å². The van der Waals surface area contributed by atoms with Gasteiger partial charge in [-0.1, -0.05) is 18.2 Å². The molecule has 3 fully saturated rings. The van der Waals surface area contributed by atoms with Gasteiger partial charge in [0, 0.05) is 37.3 Å². The highest BCUT2D eigenvalue weighted by atomic mass is 19.1. The second-order valence-corrected chi connectivity index (χ2v) is 9.75. The summed E-state index contributed by atoms with van der Waals surface area (Å²) >= 11 is 0. The number of likely N-dealkylation sites (tertiary alicyclic amines) is 2.